The summed E-state index contributed by atoms with van der Waals surface area (Å²) in [5, 5.41) is 2.36. The number of amides is 1. The molecule has 42 valence electrons. The summed E-state index contributed by atoms with van der Waals surface area (Å²) in [4.78, 5) is 9.95. The van der Waals surface area contributed by atoms with Crippen molar-refractivity contribution in [2.75, 3.05) is 7.05 Å². The lowest BCUT2D eigenvalue weighted by molar-refractivity contribution is -0.116. The Hall–Kier alpha value is -0.830. The second kappa shape index (κ2) is 5.17. The molecule has 3 N–H and O–H groups in total. The second-order valence-electron chi connectivity index (χ2n) is 0.818. The molecule has 0 saturated heterocycles. The van der Waals surface area contributed by atoms with E-state index in [0.29, 0.717) is 0 Å². The Kier molecular flexibility index (Phi) is 7.00. The molecule has 0 radical (unpaired) electrons. The van der Waals surface area contributed by atoms with Crippen LogP contribution in [0.15, 0.2) is 12.7 Å². The lowest BCUT2D eigenvalue weighted by atomic mass is 10.6. The van der Waals surface area contributed by atoms with Gasteiger partial charge in [0.2, 0.25) is 5.91 Å². The van der Waals surface area contributed by atoms with Gasteiger partial charge in [0.15, 0.2) is 0 Å². The highest BCUT2D eigenvalue weighted by molar-refractivity contribution is 5.86. The van der Waals surface area contributed by atoms with Gasteiger partial charge in [-0.25, -0.2) is 0 Å². The van der Waals surface area contributed by atoms with Gasteiger partial charge in [-0.3, -0.25) is 4.79 Å². The highest BCUT2D eigenvalue weighted by Crippen LogP contribution is 1.56. The third-order valence-corrected chi connectivity index (χ3v) is 0.432. The first-order valence-electron chi connectivity index (χ1n) is 1.65. The standard InChI is InChI=1S/C4H7NO.H2O/c1-3-4(6)5-2;/h3H,1H2,2H3,(H,5,6);1H2. The van der Waals surface area contributed by atoms with Gasteiger partial charge in [0, 0.05) is 7.05 Å². The van der Waals surface area contributed by atoms with Gasteiger partial charge >= 0.3 is 0 Å². The van der Waals surface area contributed by atoms with E-state index in [0.717, 1.165) is 0 Å². The molecule has 0 aliphatic carbocycles. The van der Waals surface area contributed by atoms with Gasteiger partial charge in [-0.05, 0) is 6.08 Å². The molecule has 0 aromatic carbocycles. The predicted octanol–water partition coefficient (Wildman–Crippen LogP) is -0.906. The van der Waals surface area contributed by atoms with E-state index < -0.39 is 0 Å². The first-order valence-corrected chi connectivity index (χ1v) is 1.65. The molecule has 7 heavy (non-hydrogen) atoms. The Morgan fingerprint density at radius 1 is 1.86 bits per heavy atom. The minimum atomic E-state index is -0.144. The van der Waals surface area contributed by atoms with Crippen molar-refractivity contribution in [1.82, 2.24) is 5.32 Å². The lowest BCUT2D eigenvalue weighted by Gasteiger charge is -1.82. The van der Waals surface area contributed by atoms with Crippen LogP contribution in [0.5, 0.6) is 0 Å². The minimum absolute atomic E-state index is 0. The average molecular weight is 103 g/mol. The molecule has 1 amide bonds. The Morgan fingerprint density at radius 3 is 2.29 bits per heavy atom. The maximum Gasteiger partial charge on any atom is 0.243 e. The van der Waals surface area contributed by atoms with E-state index in [-0.39, 0.29) is 11.4 Å². The van der Waals surface area contributed by atoms with Crippen molar-refractivity contribution in [1.29, 1.82) is 0 Å². The number of likely N-dealkylation sites (N-methyl/N-ethyl adjacent to an activating group) is 1. The van der Waals surface area contributed by atoms with Crippen LogP contribution in [0.3, 0.4) is 0 Å². The zero-order valence-corrected chi connectivity index (χ0v) is 4.19. The molecule has 0 bridgehead atoms. The Morgan fingerprint density at radius 2 is 2.29 bits per heavy atom. The molecule has 0 aromatic rings. The highest BCUT2D eigenvalue weighted by Gasteiger charge is 1.78. The third kappa shape index (κ3) is 5.17. The SMILES string of the molecule is C=CC(=O)NC.O. The molecule has 3 nitrogen and oxygen atoms in total. The molecular weight excluding hydrogens is 94.0 g/mol. The molecular formula is C4H9NO2. The Bertz CT molecular complexity index is 70.1. The van der Waals surface area contributed by atoms with Gasteiger partial charge in [0.25, 0.3) is 0 Å². The topological polar surface area (TPSA) is 60.6 Å². The summed E-state index contributed by atoms with van der Waals surface area (Å²) in [7, 11) is 1.56. The van der Waals surface area contributed by atoms with Crippen LogP contribution >= 0.6 is 0 Å². The van der Waals surface area contributed by atoms with Crippen LogP contribution < -0.4 is 5.32 Å². The van der Waals surface area contributed by atoms with Crippen molar-refractivity contribution in [2.24, 2.45) is 0 Å². The molecule has 0 aliphatic heterocycles. The van der Waals surface area contributed by atoms with Crippen molar-refractivity contribution in [3.63, 3.8) is 0 Å². The van der Waals surface area contributed by atoms with Crippen molar-refractivity contribution >= 4 is 5.91 Å². The first-order chi connectivity index (χ1) is 2.81. The van der Waals surface area contributed by atoms with Crippen LogP contribution in [0.25, 0.3) is 0 Å². The maximum absolute atomic E-state index is 9.95. The Labute approximate surface area is 42.3 Å². The monoisotopic (exact) mass is 103 g/mol. The summed E-state index contributed by atoms with van der Waals surface area (Å²) in [6, 6.07) is 0. The van der Waals surface area contributed by atoms with E-state index in [4.69, 9.17) is 0 Å². The fourth-order valence-corrected chi connectivity index (χ4v) is 0.102. The first kappa shape index (κ1) is 9.48. The molecule has 0 fully saturated rings. The summed E-state index contributed by atoms with van der Waals surface area (Å²) in [5.74, 6) is -0.144. The molecule has 0 aromatic heterocycles. The van der Waals surface area contributed by atoms with E-state index in [2.05, 4.69) is 11.9 Å². The zero-order valence-electron chi connectivity index (χ0n) is 4.19. The van der Waals surface area contributed by atoms with Crippen molar-refractivity contribution < 1.29 is 10.3 Å². The van der Waals surface area contributed by atoms with Gasteiger partial charge in [-0.2, -0.15) is 0 Å². The molecule has 3 heteroatoms. The number of hydrogen-bond acceptors (Lipinski definition) is 1. The van der Waals surface area contributed by atoms with Crippen LogP contribution in [0.4, 0.5) is 0 Å². The van der Waals surface area contributed by atoms with E-state index in [1.807, 2.05) is 0 Å². The maximum atomic E-state index is 9.95. The van der Waals surface area contributed by atoms with Crippen LogP contribution in [0.2, 0.25) is 0 Å². The third-order valence-electron chi connectivity index (χ3n) is 0.432. The molecule has 0 rings (SSSR count). The number of rotatable bonds is 1. The molecule has 0 heterocycles. The van der Waals surface area contributed by atoms with E-state index in [1.54, 1.807) is 7.05 Å². The summed E-state index contributed by atoms with van der Waals surface area (Å²) >= 11 is 0. The van der Waals surface area contributed by atoms with Gasteiger partial charge in [0.1, 0.15) is 0 Å². The quantitative estimate of drug-likeness (QED) is 0.429. The number of hydrogen-bond donors (Lipinski definition) is 1. The molecule has 0 aliphatic rings. The van der Waals surface area contributed by atoms with Crippen molar-refractivity contribution in [3.05, 3.63) is 12.7 Å². The molecule has 0 spiro atoms. The smallest absolute Gasteiger partial charge is 0.243 e. The fraction of sp³-hybridized carbons (Fsp3) is 0.250. The molecule has 0 atom stereocenters. The van der Waals surface area contributed by atoms with Gasteiger partial charge in [0.05, 0.1) is 0 Å². The Balaban J connectivity index is 0. The van der Waals surface area contributed by atoms with E-state index >= 15 is 0 Å². The minimum Gasteiger partial charge on any atom is -0.412 e. The largest absolute Gasteiger partial charge is 0.412 e. The normalized spacial score (nSPS) is 5.86. The van der Waals surface area contributed by atoms with Crippen LogP contribution in [0, 0.1) is 0 Å². The lowest BCUT2D eigenvalue weighted by Crippen LogP contribution is -2.13. The summed E-state index contributed by atoms with van der Waals surface area (Å²) < 4.78 is 0. The van der Waals surface area contributed by atoms with Crippen molar-refractivity contribution in [3.8, 4) is 0 Å². The van der Waals surface area contributed by atoms with Crippen molar-refractivity contribution in [2.45, 2.75) is 0 Å². The van der Waals surface area contributed by atoms with E-state index in [9.17, 15) is 4.79 Å². The molecule has 0 unspecified atom stereocenters. The second-order valence-corrected chi connectivity index (χ2v) is 0.818. The summed E-state index contributed by atoms with van der Waals surface area (Å²) in [6.07, 6.45) is 1.22. The zero-order chi connectivity index (χ0) is 4.99. The number of carbonyl (C=O) groups excluding carboxylic acids is 1. The number of carbonyl (C=O) groups is 1. The molecule has 0 saturated carbocycles. The van der Waals surface area contributed by atoms with Crippen LogP contribution in [0.1, 0.15) is 0 Å². The van der Waals surface area contributed by atoms with Gasteiger partial charge < -0.3 is 10.8 Å². The number of nitrogens with one attached hydrogen (secondary N) is 1. The fourth-order valence-electron chi connectivity index (χ4n) is 0.102. The summed E-state index contributed by atoms with van der Waals surface area (Å²) in [6.45, 7) is 3.22. The van der Waals surface area contributed by atoms with Gasteiger partial charge in [-0.15, -0.1) is 0 Å². The van der Waals surface area contributed by atoms with Crippen LogP contribution in [-0.2, 0) is 4.79 Å². The highest BCUT2D eigenvalue weighted by atomic mass is 16.1. The van der Waals surface area contributed by atoms with E-state index in [1.165, 1.54) is 6.08 Å². The predicted molar refractivity (Wildman–Crippen MR) is 27.9 cm³/mol. The average Bonchev–Trinajstić information content (AvgIpc) is 1.65. The summed E-state index contributed by atoms with van der Waals surface area (Å²) in [5.41, 5.74) is 0. The van der Waals surface area contributed by atoms with Gasteiger partial charge in [-0.1, -0.05) is 6.58 Å². The van der Waals surface area contributed by atoms with Crippen LogP contribution in [-0.4, -0.2) is 18.4 Å².